The number of amides is 1. The number of carboxylic acids is 1. The van der Waals surface area contributed by atoms with E-state index in [-0.39, 0.29) is 5.56 Å². The Bertz CT molecular complexity index is 749. The van der Waals surface area contributed by atoms with Crippen molar-refractivity contribution in [3.63, 3.8) is 0 Å². The highest BCUT2D eigenvalue weighted by atomic mass is 19.4. The Morgan fingerprint density at radius 1 is 1.25 bits per heavy atom. The molecule has 1 aromatic carbocycles. The van der Waals surface area contributed by atoms with Crippen molar-refractivity contribution in [2.75, 3.05) is 7.11 Å². The van der Waals surface area contributed by atoms with Crippen LogP contribution in [0.4, 0.5) is 13.2 Å². The molecule has 0 radical (unpaired) electrons. The van der Waals surface area contributed by atoms with Crippen LogP contribution in [0.25, 0.3) is 0 Å². The van der Waals surface area contributed by atoms with Crippen LogP contribution in [0.2, 0.25) is 0 Å². The van der Waals surface area contributed by atoms with Gasteiger partial charge in [-0.25, -0.2) is 9.59 Å². The van der Waals surface area contributed by atoms with Crippen molar-refractivity contribution in [3.8, 4) is 5.75 Å². The smallest absolute Gasteiger partial charge is 0.419 e. The Kier molecular flexibility index (Phi) is 7.43. The molecule has 7 nitrogen and oxygen atoms in total. The highest BCUT2D eigenvalue weighted by Crippen LogP contribution is 2.37. The topological polar surface area (TPSA) is 102 Å². The van der Waals surface area contributed by atoms with Crippen LogP contribution in [-0.2, 0) is 31.7 Å². The minimum absolute atomic E-state index is 0.0297. The molecule has 0 bridgehead atoms. The molecule has 0 heterocycles. The molecule has 0 saturated carbocycles. The average Bonchev–Trinajstić information content (AvgIpc) is 2.58. The molecular weight excluding hydrogens is 383 g/mol. The summed E-state index contributed by atoms with van der Waals surface area (Å²) in [5.74, 6) is -4.27. The van der Waals surface area contributed by atoms with Crippen LogP contribution in [0, 0.1) is 0 Å². The number of rotatable bonds is 8. The van der Waals surface area contributed by atoms with Gasteiger partial charge in [-0.15, -0.1) is 0 Å². The standard InChI is InChI=1S/C18H22F3NO6/c1-5-10(2)28-16(26)17(15(24)25,22-11(3)23)9-12-6-7-13(18(19,20)21)14(8-12)27-4/h6-8,10H,5,9H2,1-4H3,(H,22,23)(H,24,25). The van der Waals surface area contributed by atoms with E-state index in [9.17, 15) is 32.7 Å². The number of carbonyl (C=O) groups excluding carboxylic acids is 2. The number of methoxy groups -OCH3 is 1. The Labute approximate surface area is 159 Å². The third kappa shape index (κ3) is 5.37. The number of esters is 1. The second-order valence-corrected chi connectivity index (χ2v) is 6.23. The van der Waals surface area contributed by atoms with Crippen LogP contribution in [0.1, 0.15) is 38.3 Å². The number of aliphatic carboxylic acids is 1. The second kappa shape index (κ2) is 8.94. The van der Waals surface area contributed by atoms with Crippen LogP contribution in [0.3, 0.4) is 0 Å². The molecule has 0 aliphatic carbocycles. The van der Waals surface area contributed by atoms with Gasteiger partial charge in [0.25, 0.3) is 0 Å². The van der Waals surface area contributed by atoms with Crippen molar-refractivity contribution in [1.29, 1.82) is 0 Å². The molecule has 0 aliphatic heterocycles. The normalized spacial score (nSPS) is 14.5. The number of carboxylic acid groups (broad SMARTS) is 1. The summed E-state index contributed by atoms with van der Waals surface area (Å²) in [5.41, 5.74) is -3.52. The average molecular weight is 405 g/mol. The summed E-state index contributed by atoms with van der Waals surface area (Å²) < 4.78 is 48.9. The molecule has 156 valence electrons. The maximum atomic E-state index is 13.0. The number of halogens is 3. The molecule has 2 atom stereocenters. The largest absolute Gasteiger partial charge is 0.496 e. The highest BCUT2D eigenvalue weighted by Gasteiger charge is 2.49. The Morgan fingerprint density at radius 3 is 2.29 bits per heavy atom. The molecule has 1 rings (SSSR count). The lowest BCUT2D eigenvalue weighted by molar-refractivity contribution is -0.168. The maximum Gasteiger partial charge on any atom is 0.419 e. The van der Waals surface area contributed by atoms with Gasteiger partial charge >= 0.3 is 18.1 Å². The molecule has 0 aliphatic rings. The van der Waals surface area contributed by atoms with Crippen molar-refractivity contribution in [3.05, 3.63) is 29.3 Å². The Morgan fingerprint density at radius 2 is 1.86 bits per heavy atom. The summed E-state index contributed by atoms with van der Waals surface area (Å²) in [6, 6.07) is 2.70. The molecule has 0 saturated heterocycles. The van der Waals surface area contributed by atoms with E-state index < -0.39 is 53.4 Å². The summed E-state index contributed by atoms with van der Waals surface area (Å²) in [6.07, 6.45) is -5.54. The first-order chi connectivity index (χ1) is 12.9. The highest BCUT2D eigenvalue weighted by molar-refractivity contribution is 6.07. The molecule has 10 heteroatoms. The molecule has 0 aromatic heterocycles. The summed E-state index contributed by atoms with van der Waals surface area (Å²) in [7, 11) is 1.03. The van der Waals surface area contributed by atoms with Crippen molar-refractivity contribution < 1.29 is 42.1 Å². The summed E-state index contributed by atoms with van der Waals surface area (Å²) >= 11 is 0. The number of carbonyl (C=O) groups is 3. The monoisotopic (exact) mass is 405 g/mol. The molecule has 1 aromatic rings. The quantitative estimate of drug-likeness (QED) is 0.509. The Hall–Kier alpha value is -2.78. The van der Waals surface area contributed by atoms with Crippen LogP contribution in [-0.4, -0.2) is 41.7 Å². The van der Waals surface area contributed by atoms with Gasteiger partial charge in [0, 0.05) is 13.3 Å². The SMILES string of the molecule is CCC(C)OC(=O)C(Cc1ccc(C(F)(F)F)c(OC)c1)(NC(C)=O)C(=O)O. The van der Waals surface area contributed by atoms with Crippen molar-refractivity contribution in [2.24, 2.45) is 0 Å². The zero-order chi connectivity index (χ0) is 21.7. The number of hydrogen-bond acceptors (Lipinski definition) is 5. The van der Waals surface area contributed by atoms with Crippen LogP contribution < -0.4 is 10.1 Å². The first-order valence-corrected chi connectivity index (χ1v) is 8.34. The van der Waals surface area contributed by atoms with E-state index in [1.807, 2.05) is 0 Å². The van der Waals surface area contributed by atoms with Gasteiger partial charge in [0.15, 0.2) is 0 Å². The van der Waals surface area contributed by atoms with Gasteiger partial charge in [-0.2, -0.15) is 13.2 Å². The number of ether oxygens (including phenoxy) is 2. The first-order valence-electron chi connectivity index (χ1n) is 8.34. The summed E-state index contributed by atoms with van der Waals surface area (Å²) in [6.45, 7) is 4.26. The van der Waals surface area contributed by atoms with E-state index in [2.05, 4.69) is 5.32 Å². The molecule has 1 amide bonds. The van der Waals surface area contributed by atoms with E-state index in [4.69, 9.17) is 9.47 Å². The lowest BCUT2D eigenvalue weighted by Gasteiger charge is -2.29. The molecule has 2 unspecified atom stereocenters. The molecule has 28 heavy (non-hydrogen) atoms. The van der Waals surface area contributed by atoms with Gasteiger partial charge in [0.05, 0.1) is 18.8 Å². The van der Waals surface area contributed by atoms with Gasteiger partial charge < -0.3 is 19.9 Å². The lowest BCUT2D eigenvalue weighted by Crippen LogP contribution is -2.62. The fraction of sp³-hybridized carbons (Fsp3) is 0.500. The second-order valence-electron chi connectivity index (χ2n) is 6.23. The van der Waals surface area contributed by atoms with Crippen LogP contribution in [0.5, 0.6) is 5.75 Å². The van der Waals surface area contributed by atoms with Gasteiger partial charge in [0.2, 0.25) is 11.4 Å². The molecule has 2 N–H and O–H groups in total. The van der Waals surface area contributed by atoms with Crippen molar-refractivity contribution in [1.82, 2.24) is 5.32 Å². The number of nitrogens with one attached hydrogen (secondary N) is 1. The third-order valence-electron chi connectivity index (χ3n) is 4.03. The van der Waals surface area contributed by atoms with Crippen molar-refractivity contribution in [2.45, 2.75) is 51.4 Å². The predicted molar refractivity (Wildman–Crippen MR) is 91.7 cm³/mol. The van der Waals surface area contributed by atoms with Gasteiger partial charge in [-0.3, -0.25) is 4.79 Å². The first kappa shape index (κ1) is 23.3. The molecular formula is C18H22F3NO6. The van der Waals surface area contributed by atoms with E-state index >= 15 is 0 Å². The zero-order valence-corrected chi connectivity index (χ0v) is 15.8. The summed E-state index contributed by atoms with van der Waals surface area (Å²) in [5, 5.41) is 11.8. The van der Waals surface area contributed by atoms with Crippen molar-refractivity contribution >= 4 is 17.8 Å². The number of hydrogen-bond donors (Lipinski definition) is 2. The predicted octanol–water partition coefficient (Wildman–Crippen LogP) is 2.56. The minimum Gasteiger partial charge on any atom is -0.496 e. The Balaban J connectivity index is 3.42. The fourth-order valence-electron chi connectivity index (χ4n) is 2.44. The maximum absolute atomic E-state index is 13.0. The van der Waals surface area contributed by atoms with E-state index in [1.165, 1.54) is 0 Å². The van der Waals surface area contributed by atoms with Gasteiger partial charge in [-0.05, 0) is 31.0 Å². The van der Waals surface area contributed by atoms with E-state index in [0.717, 1.165) is 26.2 Å². The number of alkyl halides is 3. The lowest BCUT2D eigenvalue weighted by atomic mass is 9.89. The van der Waals surface area contributed by atoms with Gasteiger partial charge in [-0.1, -0.05) is 13.0 Å². The van der Waals surface area contributed by atoms with Crippen LogP contribution >= 0.6 is 0 Å². The molecule has 0 fully saturated rings. The van der Waals surface area contributed by atoms with E-state index in [0.29, 0.717) is 12.5 Å². The van der Waals surface area contributed by atoms with Crippen LogP contribution in [0.15, 0.2) is 18.2 Å². The van der Waals surface area contributed by atoms with Gasteiger partial charge in [0.1, 0.15) is 5.75 Å². The van der Waals surface area contributed by atoms with E-state index in [1.54, 1.807) is 13.8 Å². The molecule has 0 spiro atoms. The minimum atomic E-state index is -4.68. The number of benzene rings is 1. The zero-order valence-electron chi connectivity index (χ0n) is 15.8. The third-order valence-corrected chi connectivity index (χ3v) is 4.03. The fourth-order valence-corrected chi connectivity index (χ4v) is 2.44. The summed E-state index contributed by atoms with van der Waals surface area (Å²) in [4.78, 5) is 36.1.